The standard InChI is InChI=1S/C12H16BrN3O3/c13-7-11(17)15-12(18)14-10-6-9(19-16-10)8-4-2-1-3-5-8/h6,8H,1-5,7H2,(H2,14,15,16,17,18). The third kappa shape index (κ3) is 4.05. The molecular formula is C12H16BrN3O3. The number of hydrogen-bond acceptors (Lipinski definition) is 4. The average Bonchev–Trinajstić information content (AvgIpc) is 2.88. The fourth-order valence-corrected chi connectivity index (χ4v) is 2.38. The van der Waals surface area contributed by atoms with Crippen LogP contribution >= 0.6 is 15.9 Å². The first-order chi connectivity index (χ1) is 9.19. The van der Waals surface area contributed by atoms with Crippen molar-refractivity contribution >= 4 is 33.7 Å². The molecule has 1 aliphatic carbocycles. The van der Waals surface area contributed by atoms with Gasteiger partial charge in [-0.1, -0.05) is 40.3 Å². The lowest BCUT2D eigenvalue weighted by atomic mass is 9.87. The van der Waals surface area contributed by atoms with E-state index >= 15 is 0 Å². The number of imide groups is 1. The van der Waals surface area contributed by atoms with Crippen LogP contribution < -0.4 is 10.6 Å². The lowest BCUT2D eigenvalue weighted by Crippen LogP contribution is -2.35. The van der Waals surface area contributed by atoms with Crippen LogP contribution in [0.3, 0.4) is 0 Å². The molecule has 1 aliphatic rings. The van der Waals surface area contributed by atoms with Crippen LogP contribution in [0.15, 0.2) is 10.6 Å². The van der Waals surface area contributed by atoms with Crippen molar-refractivity contribution in [2.24, 2.45) is 0 Å². The van der Waals surface area contributed by atoms with Crippen molar-refractivity contribution in [1.82, 2.24) is 10.5 Å². The highest BCUT2D eigenvalue weighted by Gasteiger charge is 2.20. The number of alkyl halides is 1. The van der Waals surface area contributed by atoms with E-state index in [1.807, 2.05) is 0 Å². The number of carbonyl (C=O) groups excluding carboxylic acids is 2. The number of halogens is 1. The van der Waals surface area contributed by atoms with Crippen molar-refractivity contribution in [2.45, 2.75) is 38.0 Å². The van der Waals surface area contributed by atoms with Crippen LogP contribution in [0.25, 0.3) is 0 Å². The van der Waals surface area contributed by atoms with Crippen LogP contribution in [0.1, 0.15) is 43.8 Å². The minimum atomic E-state index is -0.604. The van der Waals surface area contributed by atoms with Gasteiger partial charge < -0.3 is 4.52 Å². The highest BCUT2D eigenvalue weighted by molar-refractivity contribution is 9.09. The van der Waals surface area contributed by atoms with E-state index < -0.39 is 11.9 Å². The van der Waals surface area contributed by atoms with Gasteiger partial charge in [-0.3, -0.25) is 15.4 Å². The van der Waals surface area contributed by atoms with Gasteiger partial charge in [0.15, 0.2) is 5.82 Å². The van der Waals surface area contributed by atoms with Crippen molar-refractivity contribution in [3.8, 4) is 0 Å². The summed E-state index contributed by atoms with van der Waals surface area (Å²) in [6, 6.07) is 1.13. The molecule has 0 atom stereocenters. The van der Waals surface area contributed by atoms with Gasteiger partial charge in [0.1, 0.15) is 5.76 Å². The third-order valence-electron chi connectivity index (χ3n) is 3.15. The molecule has 3 amide bonds. The smallest absolute Gasteiger partial charge is 0.327 e. The van der Waals surface area contributed by atoms with E-state index in [1.165, 1.54) is 19.3 Å². The van der Waals surface area contributed by atoms with E-state index in [9.17, 15) is 9.59 Å². The monoisotopic (exact) mass is 329 g/mol. The van der Waals surface area contributed by atoms with Crippen LogP contribution in [0.5, 0.6) is 0 Å². The second-order valence-electron chi connectivity index (χ2n) is 4.59. The van der Waals surface area contributed by atoms with Gasteiger partial charge >= 0.3 is 6.03 Å². The summed E-state index contributed by atoms with van der Waals surface area (Å²) >= 11 is 2.96. The number of nitrogens with zero attached hydrogens (tertiary/aromatic N) is 1. The Hall–Kier alpha value is -1.37. The Morgan fingerprint density at radius 3 is 2.79 bits per heavy atom. The molecule has 7 heteroatoms. The maximum atomic E-state index is 11.4. The fourth-order valence-electron chi connectivity index (χ4n) is 2.24. The molecule has 1 aromatic heterocycles. The van der Waals surface area contributed by atoms with Gasteiger partial charge in [-0.05, 0) is 12.8 Å². The SMILES string of the molecule is O=C(CBr)NC(=O)Nc1cc(C2CCCCC2)on1. The van der Waals surface area contributed by atoms with E-state index in [0.29, 0.717) is 11.7 Å². The molecule has 1 aromatic rings. The van der Waals surface area contributed by atoms with Gasteiger partial charge in [-0.15, -0.1) is 0 Å². The molecular weight excluding hydrogens is 314 g/mol. The second-order valence-corrected chi connectivity index (χ2v) is 5.15. The van der Waals surface area contributed by atoms with Gasteiger partial charge in [0, 0.05) is 12.0 Å². The number of urea groups is 1. The largest absolute Gasteiger partial charge is 0.359 e. The van der Waals surface area contributed by atoms with Gasteiger partial charge in [0.05, 0.1) is 5.33 Å². The zero-order valence-corrected chi connectivity index (χ0v) is 12.0. The molecule has 1 heterocycles. The molecule has 1 fully saturated rings. The predicted molar refractivity (Wildman–Crippen MR) is 73.3 cm³/mol. The zero-order valence-electron chi connectivity index (χ0n) is 10.4. The highest BCUT2D eigenvalue weighted by Crippen LogP contribution is 2.33. The summed E-state index contributed by atoms with van der Waals surface area (Å²) in [4.78, 5) is 22.4. The number of rotatable bonds is 3. The Morgan fingerprint density at radius 1 is 1.37 bits per heavy atom. The summed E-state index contributed by atoms with van der Waals surface area (Å²) in [7, 11) is 0. The number of hydrogen-bond donors (Lipinski definition) is 2. The minimum Gasteiger partial charge on any atom is -0.359 e. The van der Waals surface area contributed by atoms with Gasteiger partial charge in [0.25, 0.3) is 0 Å². The Labute approximate surface area is 119 Å². The molecule has 0 radical (unpaired) electrons. The summed E-state index contributed by atoms with van der Waals surface area (Å²) in [5.74, 6) is 1.12. The molecule has 6 nitrogen and oxygen atoms in total. The third-order valence-corrected chi connectivity index (χ3v) is 3.66. The number of anilines is 1. The van der Waals surface area contributed by atoms with Crippen LogP contribution in [-0.2, 0) is 4.79 Å². The van der Waals surface area contributed by atoms with Crippen molar-refractivity contribution < 1.29 is 14.1 Å². The Morgan fingerprint density at radius 2 is 2.11 bits per heavy atom. The van der Waals surface area contributed by atoms with E-state index in [0.717, 1.165) is 18.6 Å². The van der Waals surface area contributed by atoms with Crippen LogP contribution in [0, 0.1) is 0 Å². The zero-order chi connectivity index (χ0) is 13.7. The van der Waals surface area contributed by atoms with Gasteiger partial charge in [-0.25, -0.2) is 4.79 Å². The quantitative estimate of drug-likeness (QED) is 0.835. The van der Waals surface area contributed by atoms with E-state index in [2.05, 4.69) is 31.7 Å². The lowest BCUT2D eigenvalue weighted by molar-refractivity contribution is -0.117. The fraction of sp³-hybridized carbons (Fsp3) is 0.583. The number of nitrogens with one attached hydrogen (secondary N) is 2. The molecule has 2 rings (SSSR count). The first-order valence-corrected chi connectivity index (χ1v) is 7.44. The maximum absolute atomic E-state index is 11.4. The summed E-state index contributed by atoms with van der Waals surface area (Å²) in [6.45, 7) is 0. The molecule has 19 heavy (non-hydrogen) atoms. The summed E-state index contributed by atoms with van der Waals surface area (Å²) in [5.41, 5.74) is 0. The van der Waals surface area contributed by atoms with Crippen LogP contribution in [0.2, 0.25) is 0 Å². The summed E-state index contributed by atoms with van der Waals surface area (Å²) in [6.07, 6.45) is 5.88. The van der Waals surface area contributed by atoms with E-state index in [-0.39, 0.29) is 5.33 Å². The number of amides is 3. The lowest BCUT2D eigenvalue weighted by Gasteiger charge is -2.18. The Bertz CT molecular complexity index is 455. The average molecular weight is 330 g/mol. The molecule has 0 unspecified atom stereocenters. The number of aromatic nitrogens is 1. The first-order valence-electron chi connectivity index (χ1n) is 6.32. The predicted octanol–water partition coefficient (Wildman–Crippen LogP) is 2.77. The van der Waals surface area contributed by atoms with Crippen molar-refractivity contribution in [3.05, 3.63) is 11.8 Å². The molecule has 0 aromatic carbocycles. The normalized spacial score (nSPS) is 16.1. The van der Waals surface area contributed by atoms with Crippen molar-refractivity contribution in [1.29, 1.82) is 0 Å². The number of carbonyl (C=O) groups is 2. The van der Waals surface area contributed by atoms with Crippen LogP contribution in [-0.4, -0.2) is 22.4 Å². The second kappa shape index (κ2) is 6.70. The van der Waals surface area contributed by atoms with E-state index in [4.69, 9.17) is 4.52 Å². The highest BCUT2D eigenvalue weighted by atomic mass is 79.9. The van der Waals surface area contributed by atoms with Crippen LogP contribution in [0.4, 0.5) is 10.6 Å². The molecule has 0 aliphatic heterocycles. The summed E-state index contributed by atoms with van der Waals surface area (Å²) in [5, 5.41) is 8.49. The van der Waals surface area contributed by atoms with E-state index in [1.54, 1.807) is 6.07 Å². The molecule has 0 spiro atoms. The van der Waals surface area contributed by atoms with Crippen molar-refractivity contribution in [3.63, 3.8) is 0 Å². The topological polar surface area (TPSA) is 84.2 Å². The molecule has 0 saturated heterocycles. The molecule has 2 N–H and O–H groups in total. The maximum Gasteiger partial charge on any atom is 0.327 e. The molecule has 0 bridgehead atoms. The Balaban J connectivity index is 1.89. The molecule has 104 valence electrons. The Kier molecular flexibility index (Phi) is 4.95. The van der Waals surface area contributed by atoms with Gasteiger partial charge in [-0.2, -0.15) is 0 Å². The molecule has 1 saturated carbocycles. The minimum absolute atomic E-state index is 0.0760. The summed E-state index contributed by atoms with van der Waals surface area (Å²) < 4.78 is 5.25. The van der Waals surface area contributed by atoms with Crippen molar-refractivity contribution in [2.75, 3.05) is 10.6 Å². The first kappa shape index (κ1) is 14.0. The van der Waals surface area contributed by atoms with Gasteiger partial charge in [0.2, 0.25) is 5.91 Å².